The first-order chi connectivity index (χ1) is 10.2. The van der Waals surface area contributed by atoms with E-state index in [0.717, 1.165) is 11.5 Å². The predicted molar refractivity (Wildman–Crippen MR) is 86.3 cm³/mol. The summed E-state index contributed by atoms with van der Waals surface area (Å²) in [6.45, 7) is 6.48. The normalized spacial score (nSPS) is 22.4. The third kappa shape index (κ3) is 4.53. The van der Waals surface area contributed by atoms with Crippen molar-refractivity contribution in [1.29, 1.82) is 0 Å². The monoisotopic (exact) mass is 288 g/mol. The average molecular weight is 288 g/mol. The molecule has 1 aromatic carbocycles. The molecule has 116 valence electrons. The summed E-state index contributed by atoms with van der Waals surface area (Å²) in [5, 5.41) is 13.8. The summed E-state index contributed by atoms with van der Waals surface area (Å²) >= 11 is 0. The SMILES string of the molecule is Cc1cccc(C(O)CNC2CCN(CC3CC3)CC2)c1. The molecule has 0 bridgehead atoms. The van der Waals surface area contributed by atoms with Gasteiger partial charge in [-0.3, -0.25) is 0 Å². The van der Waals surface area contributed by atoms with Crippen LogP contribution < -0.4 is 5.32 Å². The Balaban J connectivity index is 1.39. The number of aliphatic hydroxyl groups excluding tert-OH is 1. The van der Waals surface area contributed by atoms with E-state index in [9.17, 15) is 5.11 Å². The van der Waals surface area contributed by atoms with Gasteiger partial charge in [-0.1, -0.05) is 29.8 Å². The van der Waals surface area contributed by atoms with Gasteiger partial charge in [-0.15, -0.1) is 0 Å². The van der Waals surface area contributed by atoms with E-state index in [2.05, 4.69) is 29.3 Å². The van der Waals surface area contributed by atoms with E-state index in [-0.39, 0.29) is 0 Å². The van der Waals surface area contributed by atoms with E-state index < -0.39 is 6.10 Å². The standard InChI is InChI=1S/C18H28N2O/c1-14-3-2-4-16(11-14)18(21)12-19-17-7-9-20(10-8-17)13-15-5-6-15/h2-4,11,15,17-19,21H,5-10,12-13H2,1H3. The molecule has 0 spiro atoms. The van der Waals surface area contributed by atoms with Crippen molar-refractivity contribution in [2.45, 2.75) is 44.8 Å². The van der Waals surface area contributed by atoms with Crippen LogP contribution in [0.25, 0.3) is 0 Å². The summed E-state index contributed by atoms with van der Waals surface area (Å²) in [5.41, 5.74) is 2.23. The van der Waals surface area contributed by atoms with Gasteiger partial charge in [-0.25, -0.2) is 0 Å². The first kappa shape index (κ1) is 15.0. The van der Waals surface area contributed by atoms with Crippen LogP contribution in [0.15, 0.2) is 24.3 Å². The maximum Gasteiger partial charge on any atom is 0.0914 e. The fourth-order valence-corrected chi connectivity index (χ4v) is 3.26. The number of nitrogens with zero attached hydrogens (tertiary/aromatic N) is 1. The minimum absolute atomic E-state index is 0.394. The molecular formula is C18H28N2O. The zero-order valence-electron chi connectivity index (χ0n) is 13.1. The Labute approximate surface area is 128 Å². The molecule has 1 saturated heterocycles. The van der Waals surface area contributed by atoms with Crippen LogP contribution >= 0.6 is 0 Å². The second-order valence-corrected chi connectivity index (χ2v) is 6.86. The minimum atomic E-state index is -0.394. The molecule has 3 rings (SSSR count). The Morgan fingerprint density at radius 3 is 2.67 bits per heavy atom. The first-order valence-corrected chi connectivity index (χ1v) is 8.41. The highest BCUT2D eigenvalue weighted by molar-refractivity contribution is 5.24. The van der Waals surface area contributed by atoms with Crippen LogP contribution in [0, 0.1) is 12.8 Å². The smallest absolute Gasteiger partial charge is 0.0914 e. The van der Waals surface area contributed by atoms with E-state index >= 15 is 0 Å². The molecule has 3 nitrogen and oxygen atoms in total. The van der Waals surface area contributed by atoms with Gasteiger partial charge in [0.25, 0.3) is 0 Å². The van der Waals surface area contributed by atoms with E-state index in [1.165, 1.54) is 50.9 Å². The van der Waals surface area contributed by atoms with Crippen LogP contribution in [0.5, 0.6) is 0 Å². The van der Waals surface area contributed by atoms with Gasteiger partial charge in [0.1, 0.15) is 0 Å². The van der Waals surface area contributed by atoms with Gasteiger partial charge < -0.3 is 15.3 Å². The molecule has 1 saturated carbocycles. The van der Waals surface area contributed by atoms with Crippen molar-refractivity contribution in [2.75, 3.05) is 26.2 Å². The molecule has 2 N–H and O–H groups in total. The zero-order chi connectivity index (χ0) is 14.7. The number of piperidine rings is 1. The summed E-state index contributed by atoms with van der Waals surface area (Å²) in [7, 11) is 0. The lowest BCUT2D eigenvalue weighted by Gasteiger charge is -2.33. The molecule has 1 aromatic rings. The average Bonchev–Trinajstić information content (AvgIpc) is 3.30. The molecule has 0 radical (unpaired) electrons. The lowest BCUT2D eigenvalue weighted by molar-refractivity contribution is 0.149. The van der Waals surface area contributed by atoms with Gasteiger partial charge >= 0.3 is 0 Å². The van der Waals surface area contributed by atoms with Crippen molar-refractivity contribution in [1.82, 2.24) is 10.2 Å². The highest BCUT2D eigenvalue weighted by Crippen LogP contribution is 2.30. The van der Waals surface area contributed by atoms with Crippen molar-refractivity contribution in [2.24, 2.45) is 5.92 Å². The van der Waals surface area contributed by atoms with Gasteiger partial charge in [-0.05, 0) is 57.2 Å². The van der Waals surface area contributed by atoms with Crippen LogP contribution in [0.1, 0.15) is 42.9 Å². The molecule has 2 aliphatic rings. The minimum Gasteiger partial charge on any atom is -0.387 e. The number of rotatable bonds is 6. The quantitative estimate of drug-likeness (QED) is 0.844. The number of hydrogen-bond acceptors (Lipinski definition) is 3. The molecular weight excluding hydrogens is 260 g/mol. The summed E-state index contributed by atoms with van der Waals surface area (Å²) < 4.78 is 0. The van der Waals surface area contributed by atoms with Crippen molar-refractivity contribution in [3.8, 4) is 0 Å². The fourth-order valence-electron chi connectivity index (χ4n) is 3.26. The fraction of sp³-hybridized carbons (Fsp3) is 0.667. The molecule has 1 atom stereocenters. The Bertz CT molecular complexity index is 450. The van der Waals surface area contributed by atoms with E-state index in [1.54, 1.807) is 0 Å². The topological polar surface area (TPSA) is 35.5 Å². The van der Waals surface area contributed by atoms with Crippen LogP contribution in [0.4, 0.5) is 0 Å². The third-order valence-corrected chi connectivity index (χ3v) is 4.83. The van der Waals surface area contributed by atoms with Crippen molar-refractivity contribution in [3.05, 3.63) is 35.4 Å². The largest absolute Gasteiger partial charge is 0.387 e. The van der Waals surface area contributed by atoms with Gasteiger partial charge in [0.2, 0.25) is 0 Å². The van der Waals surface area contributed by atoms with Crippen molar-refractivity contribution >= 4 is 0 Å². The van der Waals surface area contributed by atoms with Gasteiger partial charge in [0, 0.05) is 19.1 Å². The summed E-state index contributed by atoms with van der Waals surface area (Å²) in [6.07, 6.45) is 4.93. The molecule has 1 heterocycles. The number of likely N-dealkylation sites (tertiary alicyclic amines) is 1. The molecule has 1 aliphatic carbocycles. The molecule has 0 amide bonds. The van der Waals surface area contributed by atoms with Gasteiger partial charge in [0.05, 0.1) is 6.10 Å². The number of benzene rings is 1. The van der Waals surface area contributed by atoms with Gasteiger partial charge in [-0.2, -0.15) is 0 Å². The molecule has 21 heavy (non-hydrogen) atoms. The van der Waals surface area contributed by atoms with E-state index in [0.29, 0.717) is 12.6 Å². The van der Waals surface area contributed by atoms with Crippen LogP contribution in [-0.2, 0) is 0 Å². The zero-order valence-corrected chi connectivity index (χ0v) is 13.1. The van der Waals surface area contributed by atoms with Gasteiger partial charge in [0.15, 0.2) is 0 Å². The Hall–Kier alpha value is -0.900. The first-order valence-electron chi connectivity index (χ1n) is 8.41. The van der Waals surface area contributed by atoms with Crippen molar-refractivity contribution < 1.29 is 5.11 Å². The maximum atomic E-state index is 10.3. The van der Waals surface area contributed by atoms with E-state index in [4.69, 9.17) is 0 Å². The van der Waals surface area contributed by atoms with Crippen LogP contribution in [-0.4, -0.2) is 42.2 Å². The molecule has 3 heteroatoms. The second kappa shape index (κ2) is 6.91. The number of nitrogens with one attached hydrogen (secondary N) is 1. The maximum absolute atomic E-state index is 10.3. The number of hydrogen-bond donors (Lipinski definition) is 2. The number of aryl methyl sites for hydroxylation is 1. The lowest BCUT2D eigenvalue weighted by atomic mass is 10.0. The Morgan fingerprint density at radius 1 is 1.24 bits per heavy atom. The summed E-state index contributed by atoms with van der Waals surface area (Å²) in [4.78, 5) is 2.62. The highest BCUT2D eigenvalue weighted by Gasteiger charge is 2.27. The summed E-state index contributed by atoms with van der Waals surface area (Å²) in [5.74, 6) is 0.998. The lowest BCUT2D eigenvalue weighted by Crippen LogP contribution is -2.44. The molecule has 0 aromatic heterocycles. The van der Waals surface area contributed by atoms with Crippen LogP contribution in [0.3, 0.4) is 0 Å². The van der Waals surface area contributed by atoms with Crippen LogP contribution in [0.2, 0.25) is 0 Å². The third-order valence-electron chi connectivity index (χ3n) is 4.83. The second-order valence-electron chi connectivity index (χ2n) is 6.86. The predicted octanol–water partition coefficient (Wildman–Crippen LogP) is 2.49. The summed E-state index contributed by atoms with van der Waals surface area (Å²) in [6, 6.07) is 8.74. The highest BCUT2D eigenvalue weighted by atomic mass is 16.3. The Morgan fingerprint density at radius 2 is 2.00 bits per heavy atom. The Kier molecular flexibility index (Phi) is 4.94. The number of aliphatic hydroxyl groups is 1. The van der Waals surface area contributed by atoms with E-state index in [1.807, 2.05) is 12.1 Å². The molecule has 1 unspecified atom stereocenters. The molecule has 2 fully saturated rings. The van der Waals surface area contributed by atoms with Crippen molar-refractivity contribution in [3.63, 3.8) is 0 Å². The molecule has 1 aliphatic heterocycles.